The van der Waals surface area contributed by atoms with Gasteiger partial charge in [0.05, 0.1) is 0 Å². The summed E-state index contributed by atoms with van der Waals surface area (Å²) in [6.07, 6.45) is 3.43. The van der Waals surface area contributed by atoms with E-state index in [-0.39, 0.29) is 28.8 Å². The van der Waals surface area contributed by atoms with Crippen molar-refractivity contribution in [1.82, 2.24) is 5.32 Å². The summed E-state index contributed by atoms with van der Waals surface area (Å²) in [5, 5.41) is 3.24. The molecule has 2 aromatic carbocycles. The molecule has 1 N–H and O–H groups in total. The Morgan fingerprint density at radius 1 is 1.17 bits per heavy atom. The molecule has 1 atom stereocenters. The van der Waals surface area contributed by atoms with E-state index in [9.17, 15) is 18.8 Å². The van der Waals surface area contributed by atoms with E-state index < -0.39 is 17.5 Å². The van der Waals surface area contributed by atoms with Gasteiger partial charge in [-0.15, -0.1) is 0 Å². The van der Waals surface area contributed by atoms with Crippen LogP contribution in [0.3, 0.4) is 0 Å². The molecular formula is C23H20FNO5. The maximum absolute atomic E-state index is 12.9. The standard InChI is InChI=1S/C23H20FNO5/c1-3-14(2)25-22(27)19-12-16-7-10-18(13-20(16)30-23(19)28)29-21(26)11-6-15-4-8-17(24)9-5-15/h4-14H,3H2,1-2H3,(H,25,27)/b11-6+. The summed E-state index contributed by atoms with van der Waals surface area (Å²) in [5.41, 5.74) is -0.0354. The van der Waals surface area contributed by atoms with Crippen molar-refractivity contribution < 1.29 is 23.1 Å². The fraction of sp³-hybridized carbons (Fsp3) is 0.174. The van der Waals surface area contributed by atoms with Crippen LogP contribution in [0.1, 0.15) is 36.2 Å². The average Bonchev–Trinajstić information content (AvgIpc) is 2.72. The molecule has 0 spiro atoms. The van der Waals surface area contributed by atoms with Gasteiger partial charge in [0.25, 0.3) is 5.91 Å². The Bertz CT molecular complexity index is 1160. The van der Waals surface area contributed by atoms with Gasteiger partial charge in [0.2, 0.25) is 0 Å². The molecule has 0 fully saturated rings. The van der Waals surface area contributed by atoms with Gasteiger partial charge in [-0.2, -0.15) is 0 Å². The molecule has 7 heteroatoms. The molecule has 6 nitrogen and oxygen atoms in total. The molecule has 0 bridgehead atoms. The Morgan fingerprint density at radius 3 is 2.60 bits per heavy atom. The van der Waals surface area contributed by atoms with Gasteiger partial charge < -0.3 is 14.5 Å². The summed E-state index contributed by atoms with van der Waals surface area (Å²) >= 11 is 0. The van der Waals surface area contributed by atoms with Crippen molar-refractivity contribution >= 4 is 28.9 Å². The van der Waals surface area contributed by atoms with Crippen molar-refractivity contribution in [3.63, 3.8) is 0 Å². The predicted molar refractivity (Wildman–Crippen MR) is 111 cm³/mol. The molecule has 0 aliphatic rings. The lowest BCUT2D eigenvalue weighted by atomic mass is 10.1. The van der Waals surface area contributed by atoms with Crippen LogP contribution in [0.5, 0.6) is 5.75 Å². The predicted octanol–water partition coefficient (Wildman–Crippen LogP) is 4.08. The first-order valence-electron chi connectivity index (χ1n) is 9.40. The lowest BCUT2D eigenvalue weighted by molar-refractivity contribution is -0.128. The number of carbonyl (C=O) groups excluding carboxylic acids is 2. The Morgan fingerprint density at radius 2 is 1.90 bits per heavy atom. The van der Waals surface area contributed by atoms with E-state index in [4.69, 9.17) is 9.15 Å². The van der Waals surface area contributed by atoms with Crippen molar-refractivity contribution in [2.75, 3.05) is 0 Å². The van der Waals surface area contributed by atoms with Gasteiger partial charge in [-0.25, -0.2) is 14.0 Å². The van der Waals surface area contributed by atoms with E-state index in [1.165, 1.54) is 54.6 Å². The smallest absolute Gasteiger partial charge is 0.349 e. The highest BCUT2D eigenvalue weighted by molar-refractivity contribution is 5.97. The molecule has 1 heterocycles. The molecule has 0 saturated carbocycles. The topological polar surface area (TPSA) is 85.6 Å². The SMILES string of the molecule is CCC(C)NC(=O)c1cc2ccc(OC(=O)/C=C/c3ccc(F)cc3)cc2oc1=O. The van der Waals surface area contributed by atoms with E-state index in [0.717, 1.165) is 6.42 Å². The largest absolute Gasteiger partial charge is 0.423 e. The second-order valence-corrected chi connectivity index (χ2v) is 6.74. The number of carbonyl (C=O) groups is 2. The van der Waals surface area contributed by atoms with E-state index >= 15 is 0 Å². The van der Waals surface area contributed by atoms with Gasteiger partial charge in [-0.1, -0.05) is 19.1 Å². The van der Waals surface area contributed by atoms with E-state index in [1.807, 2.05) is 13.8 Å². The minimum atomic E-state index is -0.775. The highest BCUT2D eigenvalue weighted by Crippen LogP contribution is 2.21. The highest BCUT2D eigenvalue weighted by Gasteiger charge is 2.16. The lowest BCUT2D eigenvalue weighted by Gasteiger charge is -2.11. The Hall–Kier alpha value is -3.74. The molecule has 0 aliphatic carbocycles. The Labute approximate surface area is 172 Å². The van der Waals surface area contributed by atoms with Crippen molar-refractivity contribution in [1.29, 1.82) is 0 Å². The minimum absolute atomic E-state index is 0.0719. The van der Waals surface area contributed by atoms with Gasteiger partial charge in [0.1, 0.15) is 22.7 Å². The summed E-state index contributed by atoms with van der Waals surface area (Å²) in [6.45, 7) is 3.76. The maximum Gasteiger partial charge on any atom is 0.349 e. The van der Waals surface area contributed by atoms with Crippen LogP contribution in [0.15, 0.2) is 63.8 Å². The zero-order valence-corrected chi connectivity index (χ0v) is 16.5. The van der Waals surface area contributed by atoms with Crippen molar-refractivity contribution in [3.05, 3.63) is 82.0 Å². The van der Waals surface area contributed by atoms with Crippen LogP contribution in [0.2, 0.25) is 0 Å². The molecule has 30 heavy (non-hydrogen) atoms. The third-order valence-electron chi connectivity index (χ3n) is 4.44. The third-order valence-corrected chi connectivity index (χ3v) is 4.44. The molecule has 0 saturated heterocycles. The Kier molecular flexibility index (Phi) is 6.41. The summed E-state index contributed by atoms with van der Waals surface area (Å²) in [5.74, 6) is -1.34. The molecule has 3 rings (SSSR count). The molecule has 3 aromatic rings. The van der Waals surface area contributed by atoms with Crippen LogP contribution in [-0.4, -0.2) is 17.9 Å². The van der Waals surface area contributed by atoms with Crippen LogP contribution in [0, 0.1) is 5.82 Å². The Balaban J connectivity index is 1.76. The van der Waals surface area contributed by atoms with Crippen LogP contribution in [0.25, 0.3) is 17.0 Å². The monoisotopic (exact) mass is 409 g/mol. The normalized spacial score (nSPS) is 12.1. The summed E-state index contributed by atoms with van der Waals surface area (Å²) in [4.78, 5) is 36.4. The van der Waals surface area contributed by atoms with Crippen LogP contribution >= 0.6 is 0 Å². The quantitative estimate of drug-likeness (QED) is 0.287. The number of esters is 1. The summed E-state index contributed by atoms with van der Waals surface area (Å²) < 4.78 is 23.3. The molecule has 154 valence electrons. The molecule has 0 aliphatic heterocycles. The van der Waals surface area contributed by atoms with Crippen LogP contribution in [0.4, 0.5) is 4.39 Å². The van der Waals surface area contributed by atoms with Crippen LogP contribution in [-0.2, 0) is 4.79 Å². The first kappa shape index (κ1) is 21.0. The fourth-order valence-corrected chi connectivity index (χ4v) is 2.61. The first-order chi connectivity index (χ1) is 14.4. The summed E-state index contributed by atoms with van der Waals surface area (Å²) in [6, 6.07) is 11.5. The number of ether oxygens (including phenoxy) is 1. The maximum atomic E-state index is 12.9. The fourth-order valence-electron chi connectivity index (χ4n) is 2.61. The van der Waals surface area contributed by atoms with E-state index in [2.05, 4.69) is 5.32 Å². The number of fused-ring (bicyclic) bond motifs is 1. The van der Waals surface area contributed by atoms with Gasteiger partial charge >= 0.3 is 11.6 Å². The second-order valence-electron chi connectivity index (χ2n) is 6.74. The van der Waals surface area contributed by atoms with Crippen molar-refractivity contribution in [2.45, 2.75) is 26.3 Å². The van der Waals surface area contributed by atoms with Gasteiger partial charge in [-0.05, 0) is 55.3 Å². The van der Waals surface area contributed by atoms with Crippen LogP contribution < -0.4 is 15.7 Å². The summed E-state index contributed by atoms with van der Waals surface area (Å²) in [7, 11) is 0. The number of benzene rings is 2. The number of rotatable bonds is 6. The minimum Gasteiger partial charge on any atom is -0.423 e. The van der Waals surface area contributed by atoms with Crippen molar-refractivity contribution in [3.8, 4) is 5.75 Å². The van der Waals surface area contributed by atoms with Crippen molar-refractivity contribution in [2.24, 2.45) is 0 Å². The first-order valence-corrected chi connectivity index (χ1v) is 9.40. The molecule has 1 aromatic heterocycles. The van der Waals surface area contributed by atoms with E-state index in [0.29, 0.717) is 10.9 Å². The number of nitrogens with one attached hydrogen (secondary N) is 1. The third kappa shape index (κ3) is 5.20. The van der Waals surface area contributed by atoms with Gasteiger partial charge in [-0.3, -0.25) is 4.79 Å². The average molecular weight is 409 g/mol. The second kappa shape index (κ2) is 9.17. The zero-order valence-electron chi connectivity index (χ0n) is 16.5. The zero-order chi connectivity index (χ0) is 21.7. The van der Waals surface area contributed by atoms with Gasteiger partial charge in [0.15, 0.2) is 0 Å². The number of hydrogen-bond donors (Lipinski definition) is 1. The molecular weight excluding hydrogens is 389 g/mol. The molecule has 1 unspecified atom stereocenters. The molecule has 0 radical (unpaired) electrons. The van der Waals surface area contributed by atoms with Gasteiger partial charge in [0, 0.05) is 23.6 Å². The number of hydrogen-bond acceptors (Lipinski definition) is 5. The number of halogens is 1. The molecule has 1 amide bonds. The van der Waals surface area contributed by atoms with E-state index in [1.54, 1.807) is 6.07 Å². The highest BCUT2D eigenvalue weighted by atomic mass is 19.1. The lowest BCUT2D eigenvalue weighted by Crippen LogP contribution is -2.34. The number of amides is 1.